The maximum Gasteiger partial charge on any atom is 0.269 e. The number of fused-ring (bicyclic) bond motifs is 1. The lowest BCUT2D eigenvalue weighted by Gasteiger charge is -2.10. The molecule has 5 heteroatoms. The van der Waals surface area contributed by atoms with Crippen LogP contribution in [0.3, 0.4) is 0 Å². The molecule has 0 saturated carbocycles. The van der Waals surface area contributed by atoms with Crippen molar-refractivity contribution >= 4 is 16.8 Å². The van der Waals surface area contributed by atoms with Crippen LogP contribution >= 0.6 is 0 Å². The van der Waals surface area contributed by atoms with E-state index in [1.54, 1.807) is 13.2 Å². The second-order valence-electron chi connectivity index (χ2n) is 4.91. The van der Waals surface area contributed by atoms with Crippen LogP contribution in [0.4, 0.5) is 0 Å². The number of pyridine rings is 1. The number of benzene rings is 1. The van der Waals surface area contributed by atoms with Crippen LogP contribution in [0, 0.1) is 0 Å². The molecule has 0 saturated heterocycles. The molecule has 21 heavy (non-hydrogen) atoms. The average molecular weight is 288 g/mol. The first-order valence-electron chi connectivity index (χ1n) is 7.05. The minimum atomic E-state index is -0.510. The number of nitrogens with one attached hydrogen (secondary N) is 1. The van der Waals surface area contributed by atoms with E-state index in [0.29, 0.717) is 12.1 Å². The van der Waals surface area contributed by atoms with Crippen LogP contribution in [0.25, 0.3) is 10.9 Å². The van der Waals surface area contributed by atoms with E-state index in [2.05, 4.69) is 10.3 Å². The van der Waals surface area contributed by atoms with Crippen LogP contribution in [-0.2, 0) is 0 Å². The molecule has 0 aliphatic rings. The number of methoxy groups -OCH3 is 1. The van der Waals surface area contributed by atoms with Crippen LogP contribution in [0.2, 0.25) is 0 Å². The molecule has 0 spiro atoms. The van der Waals surface area contributed by atoms with Gasteiger partial charge in [-0.3, -0.25) is 4.79 Å². The molecule has 2 rings (SSSR count). The molecule has 2 aromatic rings. The highest BCUT2D eigenvalue weighted by Gasteiger charge is 2.10. The molecular formula is C16H20N2O3. The maximum absolute atomic E-state index is 12.0. The Hall–Kier alpha value is -2.14. The highest BCUT2D eigenvalue weighted by molar-refractivity contribution is 5.95. The van der Waals surface area contributed by atoms with Gasteiger partial charge in [-0.15, -0.1) is 0 Å². The lowest BCUT2D eigenvalue weighted by molar-refractivity contribution is 0.0905. The molecule has 0 radical (unpaired) electrons. The Kier molecular flexibility index (Phi) is 5.11. The molecule has 1 unspecified atom stereocenters. The average Bonchev–Trinajstić information content (AvgIpc) is 2.51. The van der Waals surface area contributed by atoms with Crippen molar-refractivity contribution in [2.24, 2.45) is 0 Å². The predicted octanol–water partition coefficient (Wildman–Crippen LogP) is 2.13. The number of ether oxygens (including phenoxy) is 1. The Morgan fingerprint density at radius 1 is 1.38 bits per heavy atom. The van der Waals surface area contributed by atoms with Crippen molar-refractivity contribution < 1.29 is 14.6 Å². The molecule has 0 fully saturated rings. The summed E-state index contributed by atoms with van der Waals surface area (Å²) in [6, 6.07) is 9.00. The Balaban J connectivity index is 2.09. The van der Waals surface area contributed by atoms with E-state index < -0.39 is 6.10 Å². The highest BCUT2D eigenvalue weighted by Crippen LogP contribution is 2.19. The lowest BCUT2D eigenvalue weighted by Crippen LogP contribution is -2.32. The van der Waals surface area contributed by atoms with Crippen LogP contribution in [-0.4, -0.2) is 35.8 Å². The summed E-state index contributed by atoms with van der Waals surface area (Å²) in [7, 11) is 1.61. The first-order valence-corrected chi connectivity index (χ1v) is 7.05. The van der Waals surface area contributed by atoms with E-state index in [9.17, 15) is 9.90 Å². The first kappa shape index (κ1) is 15.3. The van der Waals surface area contributed by atoms with Gasteiger partial charge < -0.3 is 15.2 Å². The van der Waals surface area contributed by atoms with Crippen LogP contribution in [0.15, 0.2) is 30.3 Å². The number of nitrogens with zero attached hydrogens (tertiary/aromatic N) is 1. The minimum Gasteiger partial charge on any atom is -0.497 e. The van der Waals surface area contributed by atoms with Gasteiger partial charge in [0.05, 0.1) is 18.7 Å². The molecule has 1 heterocycles. The van der Waals surface area contributed by atoms with Crippen molar-refractivity contribution in [2.45, 2.75) is 25.9 Å². The number of carbonyl (C=O) groups is 1. The van der Waals surface area contributed by atoms with E-state index in [-0.39, 0.29) is 12.5 Å². The first-order chi connectivity index (χ1) is 10.1. The number of hydrogen-bond donors (Lipinski definition) is 2. The zero-order chi connectivity index (χ0) is 15.2. The van der Waals surface area contributed by atoms with Crippen molar-refractivity contribution in [1.29, 1.82) is 0 Å². The van der Waals surface area contributed by atoms with Gasteiger partial charge in [-0.05, 0) is 30.7 Å². The summed E-state index contributed by atoms with van der Waals surface area (Å²) < 4.78 is 5.15. The second kappa shape index (κ2) is 7.04. The van der Waals surface area contributed by atoms with E-state index in [0.717, 1.165) is 23.1 Å². The van der Waals surface area contributed by atoms with Crippen LogP contribution in [0.5, 0.6) is 5.75 Å². The molecular weight excluding hydrogens is 268 g/mol. The summed E-state index contributed by atoms with van der Waals surface area (Å²) in [5.41, 5.74) is 1.08. The largest absolute Gasteiger partial charge is 0.497 e. The lowest BCUT2D eigenvalue weighted by atomic mass is 10.2. The monoisotopic (exact) mass is 288 g/mol. The third-order valence-corrected chi connectivity index (χ3v) is 3.25. The Labute approximate surface area is 124 Å². The van der Waals surface area contributed by atoms with Crippen LogP contribution < -0.4 is 10.1 Å². The zero-order valence-electron chi connectivity index (χ0n) is 12.3. The maximum atomic E-state index is 12.0. The van der Waals surface area contributed by atoms with Gasteiger partial charge in [-0.1, -0.05) is 19.4 Å². The van der Waals surface area contributed by atoms with E-state index >= 15 is 0 Å². The summed E-state index contributed by atoms with van der Waals surface area (Å²) in [6.07, 6.45) is 1.04. The predicted molar refractivity (Wildman–Crippen MR) is 81.5 cm³/mol. The number of hydrogen-bond acceptors (Lipinski definition) is 4. The van der Waals surface area contributed by atoms with Gasteiger partial charge in [0, 0.05) is 11.9 Å². The third-order valence-electron chi connectivity index (χ3n) is 3.25. The molecule has 112 valence electrons. The van der Waals surface area contributed by atoms with Crippen molar-refractivity contribution in [3.05, 3.63) is 36.0 Å². The van der Waals surface area contributed by atoms with Gasteiger partial charge in [-0.25, -0.2) is 4.98 Å². The fourth-order valence-corrected chi connectivity index (χ4v) is 2.09. The second-order valence-corrected chi connectivity index (χ2v) is 4.91. The third kappa shape index (κ3) is 3.92. The molecule has 0 bridgehead atoms. The molecule has 1 aromatic carbocycles. The quantitative estimate of drug-likeness (QED) is 0.854. The standard InChI is InChI=1S/C16H20N2O3/c1-3-4-12(19)10-17-16(20)15-7-5-11-9-13(21-2)6-8-14(11)18-15/h5-9,12,19H,3-4,10H2,1-2H3,(H,17,20). The van der Waals surface area contributed by atoms with E-state index in [1.165, 1.54) is 0 Å². The summed E-state index contributed by atoms with van der Waals surface area (Å²) >= 11 is 0. The summed E-state index contributed by atoms with van der Waals surface area (Å²) in [6.45, 7) is 2.24. The number of carbonyl (C=O) groups excluding carboxylic acids is 1. The fourth-order valence-electron chi connectivity index (χ4n) is 2.09. The SMILES string of the molecule is CCCC(O)CNC(=O)c1ccc2cc(OC)ccc2n1. The van der Waals surface area contributed by atoms with E-state index in [4.69, 9.17) is 4.74 Å². The topological polar surface area (TPSA) is 71.5 Å². The Morgan fingerprint density at radius 2 is 2.19 bits per heavy atom. The van der Waals surface area contributed by atoms with Gasteiger partial charge >= 0.3 is 0 Å². The van der Waals surface area contributed by atoms with Gasteiger partial charge in [0.15, 0.2) is 0 Å². The number of rotatable bonds is 6. The number of aromatic nitrogens is 1. The van der Waals surface area contributed by atoms with Crippen molar-refractivity contribution in [3.8, 4) is 5.75 Å². The van der Waals surface area contributed by atoms with Gasteiger partial charge in [0.25, 0.3) is 5.91 Å². The van der Waals surface area contributed by atoms with E-state index in [1.807, 2.05) is 31.2 Å². The Morgan fingerprint density at radius 3 is 2.90 bits per heavy atom. The normalized spacial score (nSPS) is 12.1. The van der Waals surface area contributed by atoms with Gasteiger partial charge in [0.1, 0.15) is 11.4 Å². The van der Waals surface area contributed by atoms with Gasteiger partial charge in [0.2, 0.25) is 0 Å². The highest BCUT2D eigenvalue weighted by atomic mass is 16.5. The molecule has 5 nitrogen and oxygen atoms in total. The Bertz CT molecular complexity index is 628. The van der Waals surface area contributed by atoms with Crippen molar-refractivity contribution in [1.82, 2.24) is 10.3 Å². The van der Waals surface area contributed by atoms with Crippen molar-refractivity contribution in [3.63, 3.8) is 0 Å². The smallest absolute Gasteiger partial charge is 0.269 e. The summed E-state index contributed by atoms with van der Waals surface area (Å²) in [5.74, 6) is 0.479. The number of aliphatic hydroxyl groups excluding tert-OH is 1. The van der Waals surface area contributed by atoms with Crippen molar-refractivity contribution in [2.75, 3.05) is 13.7 Å². The minimum absolute atomic E-state index is 0.245. The molecule has 2 N–H and O–H groups in total. The zero-order valence-corrected chi connectivity index (χ0v) is 12.3. The fraction of sp³-hybridized carbons (Fsp3) is 0.375. The summed E-state index contributed by atoms with van der Waals surface area (Å²) in [5, 5.41) is 13.2. The molecule has 0 aliphatic carbocycles. The molecule has 1 aromatic heterocycles. The van der Waals surface area contributed by atoms with Crippen LogP contribution in [0.1, 0.15) is 30.3 Å². The molecule has 1 amide bonds. The molecule has 0 aliphatic heterocycles. The number of amides is 1. The molecule has 1 atom stereocenters. The van der Waals surface area contributed by atoms with Gasteiger partial charge in [-0.2, -0.15) is 0 Å². The summed E-state index contributed by atoms with van der Waals surface area (Å²) in [4.78, 5) is 16.3. The number of aliphatic hydroxyl groups is 1.